The molecule has 0 N–H and O–H groups in total. The first-order chi connectivity index (χ1) is 13.1. The molecule has 0 unspecified atom stereocenters. The fourth-order valence-corrected chi connectivity index (χ4v) is 2.92. The molecule has 29 heavy (non-hydrogen) atoms. The Morgan fingerprint density at radius 2 is 1.52 bits per heavy atom. The lowest BCUT2D eigenvalue weighted by Crippen LogP contribution is -3.00. The molecule has 0 spiro atoms. The van der Waals surface area contributed by atoms with Crippen molar-refractivity contribution in [1.29, 1.82) is 0 Å². The van der Waals surface area contributed by atoms with Crippen LogP contribution in [-0.2, 0) is 0 Å². The van der Waals surface area contributed by atoms with Crippen molar-refractivity contribution < 1.29 is 47.9 Å². The highest BCUT2D eigenvalue weighted by molar-refractivity contribution is 5.94. The van der Waals surface area contributed by atoms with Gasteiger partial charge in [0.05, 0.1) is 0 Å². The third kappa shape index (κ3) is 5.91. The summed E-state index contributed by atoms with van der Waals surface area (Å²) in [5, 5.41) is 0. The molecular weight excluding hydrogens is 483 g/mol. The van der Waals surface area contributed by atoms with Crippen molar-refractivity contribution in [2.24, 2.45) is 0 Å². The number of carbonyl (C=O) groups is 2. The van der Waals surface area contributed by atoms with Gasteiger partial charge in [-0.15, -0.1) is 4.84 Å². The SMILES string of the molecule is Cc1c(C(=O)N(C)C)ccc[n+]1OC(=O)Oc1c(C(C)C)cccc1C(C)C.[I-]. The van der Waals surface area contributed by atoms with Gasteiger partial charge in [-0.3, -0.25) is 4.79 Å². The highest BCUT2D eigenvalue weighted by atomic mass is 127. The fourth-order valence-electron chi connectivity index (χ4n) is 2.92. The molecule has 0 aliphatic carbocycles. The quantitative estimate of drug-likeness (QED) is 0.258. The Morgan fingerprint density at radius 1 is 0.966 bits per heavy atom. The predicted molar refractivity (Wildman–Crippen MR) is 107 cm³/mol. The second-order valence-electron chi connectivity index (χ2n) is 7.55. The van der Waals surface area contributed by atoms with E-state index in [0.29, 0.717) is 17.0 Å². The van der Waals surface area contributed by atoms with Crippen molar-refractivity contribution >= 4 is 12.1 Å². The van der Waals surface area contributed by atoms with Crippen molar-refractivity contribution in [1.82, 2.24) is 4.90 Å². The number of para-hydroxylation sites is 1. The van der Waals surface area contributed by atoms with E-state index >= 15 is 0 Å². The summed E-state index contributed by atoms with van der Waals surface area (Å²) < 4.78 is 6.88. The van der Waals surface area contributed by atoms with Gasteiger partial charge in [0, 0.05) is 31.8 Å². The molecule has 0 bridgehead atoms. The van der Waals surface area contributed by atoms with E-state index in [4.69, 9.17) is 9.57 Å². The fraction of sp³-hybridized carbons (Fsp3) is 0.409. The van der Waals surface area contributed by atoms with Crippen LogP contribution in [0.25, 0.3) is 0 Å². The number of nitrogens with zero attached hydrogens (tertiary/aromatic N) is 2. The smallest absolute Gasteiger partial charge is 0.577 e. The van der Waals surface area contributed by atoms with E-state index in [1.807, 2.05) is 45.9 Å². The van der Waals surface area contributed by atoms with Crippen molar-refractivity contribution in [3.8, 4) is 5.75 Å². The third-order valence-corrected chi connectivity index (χ3v) is 4.52. The summed E-state index contributed by atoms with van der Waals surface area (Å²) >= 11 is 0. The number of rotatable bonds is 5. The van der Waals surface area contributed by atoms with Gasteiger partial charge >= 0.3 is 6.16 Å². The third-order valence-electron chi connectivity index (χ3n) is 4.52. The zero-order valence-corrected chi connectivity index (χ0v) is 20.2. The molecule has 1 aromatic heterocycles. The van der Waals surface area contributed by atoms with Gasteiger partial charge in [0.15, 0.2) is 0 Å². The van der Waals surface area contributed by atoms with Crippen molar-refractivity contribution in [3.63, 3.8) is 0 Å². The van der Waals surface area contributed by atoms with Gasteiger partial charge in [0.1, 0.15) is 11.3 Å². The van der Waals surface area contributed by atoms with E-state index in [1.165, 1.54) is 9.63 Å². The van der Waals surface area contributed by atoms with E-state index in [-0.39, 0.29) is 41.7 Å². The van der Waals surface area contributed by atoms with Crippen molar-refractivity contribution in [3.05, 3.63) is 58.9 Å². The second-order valence-corrected chi connectivity index (χ2v) is 7.55. The second kappa shape index (κ2) is 10.6. The van der Waals surface area contributed by atoms with Crippen LogP contribution in [0, 0.1) is 6.92 Å². The van der Waals surface area contributed by atoms with Gasteiger partial charge < -0.3 is 33.6 Å². The normalized spacial score (nSPS) is 10.5. The van der Waals surface area contributed by atoms with E-state index < -0.39 is 6.16 Å². The molecule has 158 valence electrons. The van der Waals surface area contributed by atoms with E-state index in [1.54, 1.807) is 39.3 Å². The lowest BCUT2D eigenvalue weighted by molar-refractivity contribution is -0.874. The summed E-state index contributed by atoms with van der Waals surface area (Å²) in [5.41, 5.74) is 2.85. The molecule has 0 saturated carbocycles. The van der Waals surface area contributed by atoms with Crippen LogP contribution in [0.15, 0.2) is 36.5 Å². The molecule has 0 atom stereocenters. The van der Waals surface area contributed by atoms with E-state index in [9.17, 15) is 9.59 Å². The minimum atomic E-state index is -0.849. The first kappa shape index (κ1) is 24.9. The number of halogens is 1. The molecular formula is C22H29IN2O4. The standard InChI is InChI=1S/C22H29N2O4.HI/c1-14(2)17-10-8-11-18(15(3)4)20(17)27-22(26)28-24-13-9-12-19(16(24)5)21(25)23(6)7;/h8-15H,1-7H3;1H/q+1;/p-1. The van der Waals surface area contributed by atoms with Gasteiger partial charge in [-0.1, -0.05) is 45.9 Å². The number of aromatic nitrogens is 1. The topological polar surface area (TPSA) is 59.7 Å². The highest BCUT2D eigenvalue weighted by Gasteiger charge is 2.25. The number of amides is 1. The summed E-state index contributed by atoms with van der Waals surface area (Å²) in [6.07, 6.45) is 0.721. The number of benzene rings is 1. The number of ether oxygens (including phenoxy) is 1. The predicted octanol–water partition coefficient (Wildman–Crippen LogP) is 0.863. The van der Waals surface area contributed by atoms with Crippen LogP contribution in [0.4, 0.5) is 4.79 Å². The highest BCUT2D eigenvalue weighted by Crippen LogP contribution is 2.34. The summed E-state index contributed by atoms with van der Waals surface area (Å²) in [6, 6.07) is 9.21. The molecule has 7 heteroatoms. The molecule has 6 nitrogen and oxygen atoms in total. The van der Waals surface area contributed by atoms with Crippen LogP contribution in [0.3, 0.4) is 0 Å². The van der Waals surface area contributed by atoms with E-state index in [0.717, 1.165) is 11.1 Å². The van der Waals surface area contributed by atoms with Gasteiger partial charge in [-0.25, -0.2) is 0 Å². The van der Waals surface area contributed by atoms with Crippen LogP contribution in [0.5, 0.6) is 5.75 Å². The maximum absolute atomic E-state index is 12.5. The van der Waals surface area contributed by atoms with Crippen LogP contribution in [0.2, 0.25) is 0 Å². The Bertz CT molecular complexity index is 853. The Balaban J connectivity index is 0.00000420. The molecule has 0 aliphatic rings. The van der Waals surface area contributed by atoms with E-state index in [2.05, 4.69) is 0 Å². The monoisotopic (exact) mass is 512 g/mol. The average Bonchev–Trinajstić information content (AvgIpc) is 2.62. The molecule has 0 saturated heterocycles. The van der Waals surface area contributed by atoms with Crippen molar-refractivity contribution in [2.45, 2.75) is 46.5 Å². The average molecular weight is 512 g/mol. The Kier molecular flexibility index (Phi) is 9.07. The largest absolute Gasteiger partial charge is 1.00 e. The summed E-state index contributed by atoms with van der Waals surface area (Å²) in [6.45, 7) is 9.91. The van der Waals surface area contributed by atoms with Gasteiger partial charge in [0.2, 0.25) is 11.9 Å². The molecule has 0 radical (unpaired) electrons. The van der Waals surface area contributed by atoms with Crippen LogP contribution in [-0.4, -0.2) is 31.1 Å². The molecule has 1 heterocycles. The molecule has 2 aromatic rings. The maximum atomic E-state index is 12.5. The zero-order chi connectivity index (χ0) is 21.0. The van der Waals surface area contributed by atoms with Crippen LogP contribution in [0.1, 0.15) is 66.7 Å². The molecule has 1 amide bonds. The first-order valence-electron chi connectivity index (χ1n) is 9.39. The van der Waals surface area contributed by atoms with Gasteiger partial charge in [-0.05, 0) is 29.0 Å². The van der Waals surface area contributed by atoms with Crippen LogP contribution < -0.4 is 38.3 Å². The lowest BCUT2D eigenvalue weighted by atomic mass is 9.94. The zero-order valence-electron chi connectivity index (χ0n) is 18.0. The number of hydrogen-bond donors (Lipinski definition) is 0. The number of hydrogen-bond acceptors (Lipinski definition) is 4. The van der Waals surface area contributed by atoms with Crippen LogP contribution >= 0.6 is 0 Å². The number of carbonyl (C=O) groups excluding carboxylic acids is 2. The Morgan fingerprint density at radius 3 is 2.00 bits per heavy atom. The lowest BCUT2D eigenvalue weighted by Gasteiger charge is -2.17. The van der Waals surface area contributed by atoms with Gasteiger partial charge in [-0.2, -0.15) is 4.79 Å². The molecule has 0 fully saturated rings. The molecule has 2 rings (SSSR count). The Hall–Kier alpha value is -2.16. The minimum Gasteiger partial charge on any atom is -1.00 e. The number of pyridine rings is 1. The summed E-state index contributed by atoms with van der Waals surface area (Å²) in [4.78, 5) is 31.7. The summed E-state index contributed by atoms with van der Waals surface area (Å²) in [7, 11) is 3.34. The Labute approximate surface area is 189 Å². The molecule has 1 aromatic carbocycles. The first-order valence-corrected chi connectivity index (χ1v) is 9.39. The van der Waals surface area contributed by atoms with Crippen molar-refractivity contribution in [2.75, 3.05) is 14.1 Å². The summed E-state index contributed by atoms with van der Waals surface area (Å²) in [5.74, 6) is 0.751. The maximum Gasteiger partial charge on any atom is 0.577 e. The molecule has 0 aliphatic heterocycles. The van der Waals surface area contributed by atoms with Gasteiger partial charge in [0.25, 0.3) is 5.91 Å². The minimum absolute atomic E-state index is 0.